The Morgan fingerprint density at radius 1 is 1.00 bits per heavy atom. The molecule has 0 radical (unpaired) electrons. The standard InChI is InChI=1S/C22H27FO3Si/c1-5-25-21(24)20(23)16-17-26-27(22(2,3)4,18-12-8-6-9-13-18)19-14-10-7-11-15-19/h6-16H,5,17H2,1-4H3/b20-16-. The molecule has 2 aromatic rings. The second-order valence-corrected chi connectivity index (χ2v) is 11.6. The highest BCUT2D eigenvalue weighted by molar-refractivity contribution is 6.99. The summed E-state index contributed by atoms with van der Waals surface area (Å²) in [5.74, 6) is -1.88. The zero-order valence-corrected chi connectivity index (χ0v) is 17.4. The molecule has 0 fully saturated rings. The summed E-state index contributed by atoms with van der Waals surface area (Å²) < 4.78 is 25.2. The molecule has 2 aromatic carbocycles. The predicted molar refractivity (Wildman–Crippen MR) is 109 cm³/mol. The van der Waals surface area contributed by atoms with Crippen LogP contribution in [0.5, 0.6) is 0 Å². The van der Waals surface area contributed by atoms with Crippen LogP contribution in [0.4, 0.5) is 4.39 Å². The van der Waals surface area contributed by atoms with E-state index in [1.807, 2.05) is 36.4 Å². The number of esters is 1. The van der Waals surface area contributed by atoms with Gasteiger partial charge in [0.25, 0.3) is 8.32 Å². The maximum absolute atomic E-state index is 14.0. The molecule has 27 heavy (non-hydrogen) atoms. The largest absolute Gasteiger partial charge is 0.461 e. The molecule has 0 aliphatic carbocycles. The van der Waals surface area contributed by atoms with Crippen LogP contribution in [0, 0.1) is 0 Å². The lowest BCUT2D eigenvalue weighted by atomic mass is 10.2. The maximum atomic E-state index is 14.0. The first kappa shape index (κ1) is 21.1. The summed E-state index contributed by atoms with van der Waals surface area (Å²) >= 11 is 0. The number of carbonyl (C=O) groups is 1. The molecule has 0 aromatic heterocycles. The van der Waals surface area contributed by atoms with Crippen molar-refractivity contribution in [2.75, 3.05) is 13.2 Å². The highest BCUT2D eigenvalue weighted by atomic mass is 28.4. The zero-order chi connectivity index (χ0) is 19.9. The van der Waals surface area contributed by atoms with Crippen molar-refractivity contribution < 1.29 is 18.3 Å². The van der Waals surface area contributed by atoms with Crippen LogP contribution in [-0.2, 0) is 14.0 Å². The Labute approximate surface area is 162 Å². The van der Waals surface area contributed by atoms with Gasteiger partial charge in [-0.05, 0) is 28.4 Å². The van der Waals surface area contributed by atoms with E-state index >= 15 is 0 Å². The molecule has 0 saturated heterocycles. The highest BCUT2D eigenvalue weighted by Crippen LogP contribution is 2.36. The van der Waals surface area contributed by atoms with Gasteiger partial charge in [-0.3, -0.25) is 0 Å². The normalized spacial score (nSPS) is 12.7. The zero-order valence-electron chi connectivity index (χ0n) is 16.4. The molecular weight excluding hydrogens is 359 g/mol. The quantitative estimate of drug-likeness (QED) is 0.410. The summed E-state index contributed by atoms with van der Waals surface area (Å²) in [7, 11) is -2.73. The second kappa shape index (κ2) is 9.11. The van der Waals surface area contributed by atoms with Crippen molar-refractivity contribution in [1.29, 1.82) is 0 Å². The van der Waals surface area contributed by atoms with Crippen molar-refractivity contribution in [2.45, 2.75) is 32.7 Å². The van der Waals surface area contributed by atoms with Crippen molar-refractivity contribution in [2.24, 2.45) is 0 Å². The fourth-order valence-electron chi connectivity index (χ4n) is 3.28. The van der Waals surface area contributed by atoms with E-state index in [4.69, 9.17) is 9.16 Å². The van der Waals surface area contributed by atoms with Gasteiger partial charge in [0.05, 0.1) is 13.2 Å². The highest BCUT2D eigenvalue weighted by Gasteiger charge is 2.49. The van der Waals surface area contributed by atoms with Crippen molar-refractivity contribution >= 4 is 24.7 Å². The molecule has 2 rings (SSSR count). The van der Waals surface area contributed by atoms with Crippen LogP contribution in [0.1, 0.15) is 27.7 Å². The number of rotatable bonds is 7. The third kappa shape index (κ3) is 4.73. The fraction of sp³-hybridized carbons (Fsp3) is 0.318. The molecule has 0 spiro atoms. The van der Waals surface area contributed by atoms with Gasteiger partial charge in [0.1, 0.15) is 0 Å². The first-order valence-corrected chi connectivity index (χ1v) is 11.0. The summed E-state index contributed by atoms with van der Waals surface area (Å²) in [6.07, 6.45) is 1.16. The Morgan fingerprint density at radius 3 is 1.89 bits per heavy atom. The third-order valence-corrected chi connectivity index (χ3v) is 9.45. The van der Waals surface area contributed by atoms with Crippen molar-refractivity contribution in [3.05, 3.63) is 72.6 Å². The van der Waals surface area contributed by atoms with Gasteiger partial charge in [-0.1, -0.05) is 81.4 Å². The second-order valence-electron chi connectivity index (χ2n) is 7.25. The molecule has 0 heterocycles. The van der Waals surface area contributed by atoms with Gasteiger partial charge in [-0.2, -0.15) is 4.39 Å². The third-order valence-electron chi connectivity index (χ3n) is 4.45. The number of benzene rings is 2. The van der Waals surface area contributed by atoms with E-state index in [1.165, 1.54) is 0 Å². The Kier molecular flexibility index (Phi) is 7.10. The number of hydrogen-bond donors (Lipinski definition) is 0. The molecule has 0 amide bonds. The van der Waals surface area contributed by atoms with Gasteiger partial charge in [0.15, 0.2) is 0 Å². The van der Waals surface area contributed by atoms with Crippen molar-refractivity contribution in [1.82, 2.24) is 0 Å². The van der Waals surface area contributed by atoms with Gasteiger partial charge in [-0.15, -0.1) is 0 Å². The first-order valence-electron chi connectivity index (χ1n) is 9.10. The first-order chi connectivity index (χ1) is 12.8. The summed E-state index contributed by atoms with van der Waals surface area (Å²) in [6.45, 7) is 8.21. The van der Waals surface area contributed by atoms with Gasteiger partial charge in [-0.25, -0.2) is 4.79 Å². The Bertz CT molecular complexity index is 728. The van der Waals surface area contributed by atoms with Gasteiger partial charge in [0, 0.05) is 0 Å². The summed E-state index contributed by atoms with van der Waals surface area (Å²) in [5, 5.41) is 2.01. The van der Waals surface area contributed by atoms with E-state index in [0.29, 0.717) is 0 Å². The van der Waals surface area contributed by atoms with Crippen LogP contribution in [0.3, 0.4) is 0 Å². The molecule has 0 aliphatic heterocycles. The number of hydrogen-bond acceptors (Lipinski definition) is 3. The molecule has 144 valence electrons. The average molecular weight is 387 g/mol. The van der Waals surface area contributed by atoms with E-state index in [-0.39, 0.29) is 18.3 Å². The maximum Gasteiger partial charge on any atom is 0.366 e. The van der Waals surface area contributed by atoms with Crippen LogP contribution in [0.15, 0.2) is 72.6 Å². The molecule has 0 saturated carbocycles. The topological polar surface area (TPSA) is 35.5 Å². The van der Waals surface area contributed by atoms with Crippen LogP contribution in [0.2, 0.25) is 5.04 Å². The van der Waals surface area contributed by atoms with Crippen LogP contribution < -0.4 is 10.4 Å². The smallest absolute Gasteiger partial charge is 0.366 e. The lowest BCUT2D eigenvalue weighted by molar-refractivity contribution is -0.140. The van der Waals surface area contributed by atoms with E-state index in [9.17, 15) is 9.18 Å². The summed E-state index contributed by atoms with van der Waals surface area (Å²) in [6, 6.07) is 20.2. The number of ether oxygens (including phenoxy) is 1. The van der Waals surface area contributed by atoms with E-state index in [0.717, 1.165) is 16.4 Å². The molecule has 0 atom stereocenters. The van der Waals surface area contributed by atoms with E-state index in [1.54, 1.807) is 6.92 Å². The minimum atomic E-state index is -2.73. The monoisotopic (exact) mass is 386 g/mol. The minimum Gasteiger partial charge on any atom is -0.461 e. The van der Waals surface area contributed by atoms with Crippen LogP contribution in [-0.4, -0.2) is 27.5 Å². The molecule has 5 heteroatoms. The molecule has 0 bridgehead atoms. The van der Waals surface area contributed by atoms with E-state index < -0.39 is 20.1 Å². The van der Waals surface area contributed by atoms with Crippen LogP contribution in [0.25, 0.3) is 0 Å². The van der Waals surface area contributed by atoms with Gasteiger partial charge < -0.3 is 9.16 Å². The Balaban J connectivity index is 2.47. The molecule has 0 N–H and O–H groups in total. The molecular formula is C22H27FO3Si. The number of carbonyl (C=O) groups excluding carboxylic acids is 1. The average Bonchev–Trinajstić information content (AvgIpc) is 2.65. The van der Waals surface area contributed by atoms with Crippen molar-refractivity contribution in [3.8, 4) is 0 Å². The summed E-state index contributed by atoms with van der Waals surface area (Å²) in [4.78, 5) is 11.5. The van der Waals surface area contributed by atoms with Crippen molar-refractivity contribution in [3.63, 3.8) is 0 Å². The van der Waals surface area contributed by atoms with Gasteiger partial charge in [0.2, 0.25) is 5.83 Å². The predicted octanol–water partition coefficient (Wildman–Crippen LogP) is 3.98. The lowest BCUT2D eigenvalue weighted by Gasteiger charge is -2.42. The minimum absolute atomic E-state index is 0.00206. The Hall–Kier alpha value is -2.24. The number of halogens is 1. The fourth-order valence-corrected chi connectivity index (χ4v) is 7.77. The Morgan fingerprint density at radius 2 is 1.48 bits per heavy atom. The lowest BCUT2D eigenvalue weighted by Crippen LogP contribution is -2.66. The van der Waals surface area contributed by atoms with Crippen LogP contribution >= 0.6 is 0 Å². The summed E-state index contributed by atoms with van der Waals surface area (Å²) in [5.41, 5.74) is 0. The molecule has 0 aliphatic rings. The van der Waals surface area contributed by atoms with Gasteiger partial charge >= 0.3 is 5.97 Å². The molecule has 3 nitrogen and oxygen atoms in total. The van der Waals surface area contributed by atoms with E-state index in [2.05, 4.69) is 45.0 Å². The molecule has 0 unspecified atom stereocenters. The SMILES string of the molecule is CCOC(=O)/C(F)=C/CO[Si](c1ccccc1)(c1ccccc1)C(C)(C)C.